The van der Waals surface area contributed by atoms with E-state index in [0.717, 1.165) is 16.6 Å². The number of imidazole rings is 1. The molecule has 0 aliphatic heterocycles. The fourth-order valence-corrected chi connectivity index (χ4v) is 1.54. The van der Waals surface area contributed by atoms with Crippen molar-refractivity contribution >= 4 is 11.0 Å². The molecule has 2 rings (SSSR count). The van der Waals surface area contributed by atoms with E-state index in [2.05, 4.69) is 15.3 Å². The summed E-state index contributed by atoms with van der Waals surface area (Å²) < 4.78 is 5.27. The predicted molar refractivity (Wildman–Crippen MR) is 54.9 cm³/mol. The summed E-state index contributed by atoms with van der Waals surface area (Å²) in [6, 6.07) is 6.02. The number of hydrogen-bond donors (Lipinski definition) is 2. The molecule has 4 nitrogen and oxygen atoms in total. The number of rotatable bonds is 3. The van der Waals surface area contributed by atoms with Gasteiger partial charge in [0.25, 0.3) is 0 Å². The minimum Gasteiger partial charge on any atom is -0.362 e. The van der Waals surface area contributed by atoms with E-state index in [0.29, 0.717) is 0 Å². The lowest BCUT2D eigenvalue weighted by atomic mass is 10.2. The Labute approximate surface area is 82.3 Å². The smallest absolute Gasteiger partial charge is 0.133 e. The highest BCUT2D eigenvalue weighted by molar-refractivity contribution is 5.75. The Kier molecular flexibility index (Phi) is 2.47. The average molecular weight is 191 g/mol. The zero-order chi connectivity index (χ0) is 9.97. The Bertz CT molecular complexity index is 420. The van der Waals surface area contributed by atoms with Crippen LogP contribution in [0.15, 0.2) is 24.5 Å². The number of hydrogen-bond acceptors (Lipinski definition) is 3. The summed E-state index contributed by atoms with van der Waals surface area (Å²) in [5.74, 6) is 0. The number of nitrogens with zero attached hydrogens (tertiary/aromatic N) is 1. The molecule has 0 aliphatic carbocycles. The molecule has 1 unspecified atom stereocenters. The van der Waals surface area contributed by atoms with Crippen molar-refractivity contribution in [1.82, 2.24) is 15.3 Å². The maximum atomic E-state index is 5.27. The van der Waals surface area contributed by atoms with Crippen molar-refractivity contribution in [3.8, 4) is 0 Å². The van der Waals surface area contributed by atoms with Crippen LogP contribution in [0.5, 0.6) is 0 Å². The molecule has 1 aromatic heterocycles. The fraction of sp³-hybridized carbons (Fsp3) is 0.300. The van der Waals surface area contributed by atoms with Crippen LogP contribution < -0.4 is 5.32 Å². The monoisotopic (exact) mass is 191 g/mol. The first kappa shape index (κ1) is 9.18. The van der Waals surface area contributed by atoms with Crippen LogP contribution in [0.1, 0.15) is 11.8 Å². The lowest BCUT2D eigenvalue weighted by Crippen LogP contribution is -2.17. The van der Waals surface area contributed by atoms with Crippen molar-refractivity contribution in [2.75, 3.05) is 14.2 Å². The number of nitrogens with one attached hydrogen (secondary N) is 2. The van der Waals surface area contributed by atoms with Gasteiger partial charge in [-0.15, -0.1) is 0 Å². The third kappa shape index (κ3) is 1.49. The molecular formula is C10H13N3O. The van der Waals surface area contributed by atoms with E-state index in [1.54, 1.807) is 13.4 Å². The Morgan fingerprint density at radius 3 is 3.07 bits per heavy atom. The van der Waals surface area contributed by atoms with Crippen molar-refractivity contribution < 1.29 is 4.74 Å². The van der Waals surface area contributed by atoms with Gasteiger partial charge in [0.1, 0.15) is 6.23 Å². The van der Waals surface area contributed by atoms with Crippen molar-refractivity contribution in [2.24, 2.45) is 0 Å². The van der Waals surface area contributed by atoms with E-state index in [1.165, 1.54) is 0 Å². The van der Waals surface area contributed by atoms with Crippen molar-refractivity contribution in [3.05, 3.63) is 30.1 Å². The van der Waals surface area contributed by atoms with Crippen LogP contribution in [-0.2, 0) is 4.74 Å². The van der Waals surface area contributed by atoms with Crippen LogP contribution in [0, 0.1) is 0 Å². The summed E-state index contributed by atoms with van der Waals surface area (Å²) in [4.78, 5) is 7.22. The van der Waals surface area contributed by atoms with Gasteiger partial charge in [0.2, 0.25) is 0 Å². The third-order valence-electron chi connectivity index (χ3n) is 2.24. The molecule has 14 heavy (non-hydrogen) atoms. The number of aromatic amines is 1. The normalized spacial score (nSPS) is 13.3. The molecule has 0 fully saturated rings. The summed E-state index contributed by atoms with van der Waals surface area (Å²) in [5.41, 5.74) is 3.09. The second kappa shape index (κ2) is 3.77. The number of benzene rings is 1. The van der Waals surface area contributed by atoms with E-state index < -0.39 is 0 Å². The second-order valence-corrected chi connectivity index (χ2v) is 3.08. The first-order chi connectivity index (χ1) is 6.85. The average Bonchev–Trinajstić information content (AvgIpc) is 2.66. The summed E-state index contributed by atoms with van der Waals surface area (Å²) in [5, 5.41) is 3.07. The molecule has 0 bridgehead atoms. The van der Waals surface area contributed by atoms with Crippen molar-refractivity contribution in [1.29, 1.82) is 0 Å². The standard InChI is InChI=1S/C10H13N3O/c1-11-10(14-2)7-3-4-8-9(5-7)13-6-12-8/h3-6,10-11H,1-2H3,(H,12,13). The molecule has 0 spiro atoms. The zero-order valence-corrected chi connectivity index (χ0v) is 8.24. The van der Waals surface area contributed by atoms with Gasteiger partial charge in [-0.1, -0.05) is 6.07 Å². The molecule has 1 aromatic carbocycles. The molecule has 2 aromatic rings. The first-order valence-corrected chi connectivity index (χ1v) is 4.48. The highest BCUT2D eigenvalue weighted by Crippen LogP contribution is 2.17. The molecule has 2 N–H and O–H groups in total. The molecule has 0 radical (unpaired) electrons. The topological polar surface area (TPSA) is 49.9 Å². The minimum absolute atomic E-state index is 0.0669. The van der Waals surface area contributed by atoms with Crippen LogP contribution in [0.2, 0.25) is 0 Å². The second-order valence-electron chi connectivity index (χ2n) is 3.08. The van der Waals surface area contributed by atoms with Crippen LogP contribution in [0.4, 0.5) is 0 Å². The van der Waals surface area contributed by atoms with Gasteiger partial charge in [-0.2, -0.15) is 0 Å². The number of aromatic nitrogens is 2. The quantitative estimate of drug-likeness (QED) is 0.721. The van der Waals surface area contributed by atoms with E-state index in [4.69, 9.17) is 4.74 Å². The van der Waals surface area contributed by atoms with E-state index in [-0.39, 0.29) is 6.23 Å². The first-order valence-electron chi connectivity index (χ1n) is 4.48. The van der Waals surface area contributed by atoms with Gasteiger partial charge in [-0.3, -0.25) is 5.32 Å². The molecule has 4 heteroatoms. The van der Waals surface area contributed by atoms with Crippen LogP contribution in [0.3, 0.4) is 0 Å². The molecular weight excluding hydrogens is 178 g/mol. The minimum atomic E-state index is -0.0669. The van der Waals surface area contributed by atoms with Gasteiger partial charge in [0.05, 0.1) is 17.4 Å². The van der Waals surface area contributed by atoms with Gasteiger partial charge in [-0.25, -0.2) is 4.98 Å². The van der Waals surface area contributed by atoms with Crippen LogP contribution in [0.25, 0.3) is 11.0 Å². The third-order valence-corrected chi connectivity index (χ3v) is 2.24. The summed E-state index contributed by atoms with van der Waals surface area (Å²) >= 11 is 0. The van der Waals surface area contributed by atoms with Gasteiger partial charge in [0, 0.05) is 7.11 Å². The molecule has 1 atom stereocenters. The van der Waals surface area contributed by atoms with Gasteiger partial charge in [-0.05, 0) is 24.7 Å². The zero-order valence-electron chi connectivity index (χ0n) is 8.24. The van der Waals surface area contributed by atoms with E-state index in [9.17, 15) is 0 Å². The Balaban J connectivity index is 2.42. The number of fused-ring (bicyclic) bond motifs is 1. The van der Waals surface area contributed by atoms with Crippen molar-refractivity contribution in [2.45, 2.75) is 6.23 Å². The molecule has 0 amide bonds. The molecule has 0 saturated heterocycles. The lowest BCUT2D eigenvalue weighted by molar-refractivity contribution is 0.0810. The highest BCUT2D eigenvalue weighted by atomic mass is 16.5. The molecule has 0 saturated carbocycles. The maximum Gasteiger partial charge on any atom is 0.133 e. The van der Waals surface area contributed by atoms with Crippen molar-refractivity contribution in [3.63, 3.8) is 0 Å². The fourth-order valence-electron chi connectivity index (χ4n) is 1.54. The predicted octanol–water partition coefficient (Wildman–Crippen LogP) is 1.43. The largest absolute Gasteiger partial charge is 0.362 e. The Morgan fingerprint density at radius 2 is 2.36 bits per heavy atom. The van der Waals surface area contributed by atoms with E-state index >= 15 is 0 Å². The summed E-state index contributed by atoms with van der Waals surface area (Å²) in [6.45, 7) is 0. The lowest BCUT2D eigenvalue weighted by Gasteiger charge is -2.14. The number of H-pyrrole nitrogens is 1. The number of ether oxygens (including phenoxy) is 1. The molecule has 0 aliphatic rings. The Hall–Kier alpha value is -1.39. The van der Waals surface area contributed by atoms with Gasteiger partial charge in [0.15, 0.2) is 0 Å². The maximum absolute atomic E-state index is 5.27. The summed E-state index contributed by atoms with van der Waals surface area (Å²) in [6.07, 6.45) is 1.62. The Morgan fingerprint density at radius 1 is 1.50 bits per heavy atom. The van der Waals surface area contributed by atoms with E-state index in [1.807, 2.05) is 25.2 Å². The SMILES string of the molecule is CNC(OC)c1ccc2nc[nH]c2c1. The van der Waals surface area contributed by atoms with Gasteiger partial charge < -0.3 is 9.72 Å². The van der Waals surface area contributed by atoms with Crippen LogP contribution >= 0.6 is 0 Å². The highest BCUT2D eigenvalue weighted by Gasteiger charge is 2.07. The van der Waals surface area contributed by atoms with Crippen LogP contribution in [-0.4, -0.2) is 24.1 Å². The molecule has 1 heterocycles. The molecule has 74 valence electrons. The summed E-state index contributed by atoms with van der Waals surface area (Å²) in [7, 11) is 3.55. The number of methoxy groups -OCH3 is 1. The van der Waals surface area contributed by atoms with Gasteiger partial charge >= 0.3 is 0 Å².